The van der Waals surface area contributed by atoms with Crippen LogP contribution in [0.25, 0.3) is 0 Å². The van der Waals surface area contributed by atoms with E-state index in [-0.39, 0.29) is 17.2 Å². The normalized spacial score (nSPS) is 10.3. The SMILES string of the molecule is COc1cccc(F)c1C(=O)Nc1nc(CCl)cs1. The third kappa shape index (κ3) is 3.02. The number of carbonyl (C=O) groups excluding carboxylic acids is 1. The lowest BCUT2D eigenvalue weighted by atomic mass is 10.2. The van der Waals surface area contributed by atoms with Crippen molar-refractivity contribution in [3.05, 3.63) is 40.7 Å². The Bertz CT molecular complexity index is 603. The Hall–Kier alpha value is -1.66. The van der Waals surface area contributed by atoms with Gasteiger partial charge >= 0.3 is 0 Å². The highest BCUT2D eigenvalue weighted by molar-refractivity contribution is 7.14. The fourth-order valence-electron chi connectivity index (χ4n) is 1.48. The van der Waals surface area contributed by atoms with Crippen molar-refractivity contribution in [1.29, 1.82) is 0 Å². The van der Waals surface area contributed by atoms with E-state index in [0.717, 1.165) is 0 Å². The molecular weight excluding hydrogens is 291 g/mol. The molecule has 0 aliphatic carbocycles. The van der Waals surface area contributed by atoms with Gasteiger partial charge in [-0.3, -0.25) is 10.1 Å². The molecule has 7 heteroatoms. The molecule has 1 N–H and O–H groups in total. The molecule has 0 bridgehead atoms. The molecule has 100 valence electrons. The number of ether oxygens (including phenoxy) is 1. The number of hydrogen-bond donors (Lipinski definition) is 1. The van der Waals surface area contributed by atoms with Gasteiger partial charge in [0, 0.05) is 5.38 Å². The first kappa shape index (κ1) is 13.8. The van der Waals surface area contributed by atoms with Crippen LogP contribution < -0.4 is 10.1 Å². The van der Waals surface area contributed by atoms with E-state index in [9.17, 15) is 9.18 Å². The van der Waals surface area contributed by atoms with Crippen molar-refractivity contribution < 1.29 is 13.9 Å². The molecule has 1 aromatic carbocycles. The maximum atomic E-state index is 13.7. The molecule has 0 radical (unpaired) electrons. The summed E-state index contributed by atoms with van der Waals surface area (Å²) >= 11 is 6.84. The largest absolute Gasteiger partial charge is 0.496 e. The molecule has 0 unspecified atom stereocenters. The van der Waals surface area contributed by atoms with Crippen molar-refractivity contribution in [3.63, 3.8) is 0 Å². The van der Waals surface area contributed by atoms with Crippen LogP contribution in [-0.2, 0) is 5.88 Å². The van der Waals surface area contributed by atoms with E-state index in [1.807, 2.05) is 0 Å². The Morgan fingerprint density at radius 3 is 3.00 bits per heavy atom. The van der Waals surface area contributed by atoms with Gasteiger partial charge in [-0.05, 0) is 12.1 Å². The molecule has 0 fully saturated rings. The summed E-state index contributed by atoms with van der Waals surface area (Å²) < 4.78 is 18.7. The minimum atomic E-state index is -0.647. The summed E-state index contributed by atoms with van der Waals surface area (Å²) in [5, 5.41) is 4.61. The summed E-state index contributed by atoms with van der Waals surface area (Å²) in [6.45, 7) is 0. The Balaban J connectivity index is 2.24. The number of alkyl halides is 1. The highest BCUT2D eigenvalue weighted by Gasteiger charge is 2.18. The molecule has 0 aliphatic heterocycles. The van der Waals surface area contributed by atoms with Crippen LogP contribution >= 0.6 is 22.9 Å². The minimum absolute atomic E-state index is 0.146. The molecule has 0 aliphatic rings. The number of rotatable bonds is 4. The van der Waals surface area contributed by atoms with Crippen LogP contribution in [0.15, 0.2) is 23.6 Å². The van der Waals surface area contributed by atoms with Crippen LogP contribution in [0.2, 0.25) is 0 Å². The monoisotopic (exact) mass is 300 g/mol. The van der Waals surface area contributed by atoms with Gasteiger partial charge in [0.2, 0.25) is 0 Å². The summed E-state index contributed by atoms with van der Waals surface area (Å²) in [6.07, 6.45) is 0. The second kappa shape index (κ2) is 5.99. The maximum absolute atomic E-state index is 13.7. The predicted octanol–water partition coefficient (Wildman–Crippen LogP) is 3.28. The van der Waals surface area contributed by atoms with E-state index >= 15 is 0 Å². The van der Waals surface area contributed by atoms with Crippen molar-refractivity contribution in [3.8, 4) is 5.75 Å². The molecule has 0 saturated carbocycles. The third-order valence-electron chi connectivity index (χ3n) is 2.33. The molecule has 4 nitrogen and oxygen atoms in total. The van der Waals surface area contributed by atoms with Crippen LogP contribution in [0.4, 0.5) is 9.52 Å². The van der Waals surface area contributed by atoms with E-state index in [4.69, 9.17) is 16.3 Å². The first-order valence-corrected chi connectivity index (χ1v) is 6.71. The maximum Gasteiger partial charge on any atom is 0.264 e. The molecule has 2 aromatic rings. The Kier molecular flexibility index (Phi) is 4.34. The first-order valence-electron chi connectivity index (χ1n) is 5.30. The molecule has 0 saturated heterocycles. The number of carbonyl (C=O) groups is 1. The second-order valence-corrected chi connectivity index (χ2v) is 4.67. The van der Waals surface area contributed by atoms with E-state index in [1.165, 1.54) is 36.6 Å². The standard InChI is InChI=1S/C12H10ClFN2O2S/c1-18-9-4-2-3-8(14)10(9)11(17)16-12-15-7(5-13)6-19-12/h2-4,6H,5H2,1H3,(H,15,16,17). The molecule has 0 atom stereocenters. The zero-order valence-corrected chi connectivity index (χ0v) is 11.5. The van der Waals surface area contributed by atoms with E-state index in [0.29, 0.717) is 10.8 Å². The number of anilines is 1. The first-order chi connectivity index (χ1) is 9.15. The zero-order valence-electron chi connectivity index (χ0n) is 9.94. The number of methoxy groups -OCH3 is 1. The van der Waals surface area contributed by atoms with Crippen LogP contribution in [0.3, 0.4) is 0 Å². The average Bonchev–Trinajstić information content (AvgIpc) is 2.85. The van der Waals surface area contributed by atoms with Crippen LogP contribution in [0.5, 0.6) is 5.75 Å². The van der Waals surface area contributed by atoms with Gasteiger partial charge < -0.3 is 4.74 Å². The van der Waals surface area contributed by atoms with Gasteiger partial charge in [-0.2, -0.15) is 0 Å². The van der Waals surface area contributed by atoms with Gasteiger partial charge in [0.1, 0.15) is 17.1 Å². The molecule has 19 heavy (non-hydrogen) atoms. The van der Waals surface area contributed by atoms with Gasteiger partial charge in [0.25, 0.3) is 5.91 Å². The van der Waals surface area contributed by atoms with Gasteiger partial charge in [-0.1, -0.05) is 6.07 Å². The summed E-state index contributed by atoms with van der Waals surface area (Å²) in [6, 6.07) is 4.19. The lowest BCUT2D eigenvalue weighted by Crippen LogP contribution is -2.15. The Labute approximate surface area is 118 Å². The van der Waals surface area contributed by atoms with Crippen molar-refractivity contribution in [2.75, 3.05) is 12.4 Å². The predicted molar refractivity (Wildman–Crippen MR) is 72.6 cm³/mol. The smallest absolute Gasteiger partial charge is 0.264 e. The fraction of sp³-hybridized carbons (Fsp3) is 0.167. The van der Waals surface area contributed by atoms with E-state index < -0.39 is 11.7 Å². The van der Waals surface area contributed by atoms with Gasteiger partial charge in [0.15, 0.2) is 5.13 Å². The number of nitrogens with zero attached hydrogens (tertiary/aromatic N) is 1. The molecular formula is C12H10ClFN2O2S. The summed E-state index contributed by atoms with van der Waals surface area (Å²) in [4.78, 5) is 16.1. The topological polar surface area (TPSA) is 51.2 Å². The summed E-state index contributed by atoms with van der Waals surface area (Å²) in [7, 11) is 1.38. The van der Waals surface area contributed by atoms with Crippen molar-refractivity contribution in [1.82, 2.24) is 4.98 Å². The minimum Gasteiger partial charge on any atom is -0.496 e. The number of aromatic nitrogens is 1. The number of amides is 1. The van der Waals surface area contributed by atoms with Crippen molar-refractivity contribution >= 4 is 34.0 Å². The van der Waals surface area contributed by atoms with Crippen LogP contribution in [-0.4, -0.2) is 18.0 Å². The second-order valence-electron chi connectivity index (χ2n) is 3.55. The zero-order chi connectivity index (χ0) is 13.8. The quantitative estimate of drug-likeness (QED) is 0.882. The molecule has 0 spiro atoms. The number of halogens is 2. The number of thiazole rings is 1. The molecule has 1 aromatic heterocycles. The highest BCUT2D eigenvalue weighted by Crippen LogP contribution is 2.23. The van der Waals surface area contributed by atoms with Gasteiger partial charge in [-0.25, -0.2) is 9.37 Å². The highest BCUT2D eigenvalue weighted by atomic mass is 35.5. The Morgan fingerprint density at radius 2 is 2.37 bits per heavy atom. The number of benzene rings is 1. The molecule has 1 amide bonds. The van der Waals surface area contributed by atoms with E-state index in [1.54, 1.807) is 5.38 Å². The van der Waals surface area contributed by atoms with Crippen LogP contribution in [0.1, 0.15) is 16.1 Å². The molecule has 1 heterocycles. The number of hydrogen-bond acceptors (Lipinski definition) is 4. The van der Waals surface area contributed by atoms with Gasteiger partial charge in [0.05, 0.1) is 18.7 Å². The summed E-state index contributed by atoms with van der Waals surface area (Å²) in [5.41, 5.74) is 0.509. The van der Waals surface area contributed by atoms with Gasteiger partial charge in [-0.15, -0.1) is 22.9 Å². The van der Waals surface area contributed by atoms with Crippen molar-refractivity contribution in [2.24, 2.45) is 0 Å². The molecule has 2 rings (SSSR count). The Morgan fingerprint density at radius 1 is 1.58 bits per heavy atom. The van der Waals surface area contributed by atoms with E-state index in [2.05, 4.69) is 10.3 Å². The average molecular weight is 301 g/mol. The lowest BCUT2D eigenvalue weighted by molar-refractivity contribution is 0.102. The van der Waals surface area contributed by atoms with Crippen LogP contribution in [0, 0.1) is 5.82 Å². The van der Waals surface area contributed by atoms with Crippen molar-refractivity contribution in [2.45, 2.75) is 5.88 Å². The lowest BCUT2D eigenvalue weighted by Gasteiger charge is -2.08. The number of nitrogens with one attached hydrogen (secondary N) is 1. The summed E-state index contributed by atoms with van der Waals surface area (Å²) in [5.74, 6) is -0.821. The third-order valence-corrected chi connectivity index (χ3v) is 3.41. The fourth-order valence-corrected chi connectivity index (χ4v) is 2.41.